The van der Waals surface area contributed by atoms with Gasteiger partial charge < -0.3 is 5.32 Å². The third-order valence-corrected chi connectivity index (χ3v) is 3.52. The number of benzene rings is 1. The summed E-state index contributed by atoms with van der Waals surface area (Å²) in [5.41, 5.74) is 1.01. The molecule has 80 valence electrons. The normalized spacial score (nSPS) is 18.3. The van der Waals surface area contributed by atoms with Crippen LogP contribution in [-0.2, 0) is 0 Å². The SMILES string of the molecule is Cc1ccc2c(c1F)SC(C)(C)NC2=O. The molecule has 2 nitrogen and oxygen atoms in total. The van der Waals surface area contributed by atoms with Crippen molar-refractivity contribution in [3.05, 3.63) is 29.1 Å². The number of carbonyl (C=O) groups is 1. The van der Waals surface area contributed by atoms with Crippen LogP contribution in [0.5, 0.6) is 0 Å². The summed E-state index contributed by atoms with van der Waals surface area (Å²) in [4.78, 5) is 11.7. The summed E-state index contributed by atoms with van der Waals surface area (Å²) in [6.45, 7) is 5.43. The van der Waals surface area contributed by atoms with Gasteiger partial charge in [-0.25, -0.2) is 4.39 Å². The summed E-state index contributed by atoms with van der Waals surface area (Å²) in [5, 5.41) is 2.82. The van der Waals surface area contributed by atoms with Gasteiger partial charge in [0.1, 0.15) is 5.82 Å². The zero-order valence-electron chi connectivity index (χ0n) is 8.85. The van der Waals surface area contributed by atoms with Gasteiger partial charge in [-0.1, -0.05) is 17.8 Å². The van der Waals surface area contributed by atoms with Crippen molar-refractivity contribution in [1.82, 2.24) is 5.32 Å². The van der Waals surface area contributed by atoms with E-state index < -0.39 is 4.87 Å². The Morgan fingerprint density at radius 1 is 1.40 bits per heavy atom. The van der Waals surface area contributed by atoms with E-state index in [0.29, 0.717) is 16.0 Å². The van der Waals surface area contributed by atoms with Crippen LogP contribution in [0.25, 0.3) is 0 Å². The van der Waals surface area contributed by atoms with Crippen LogP contribution >= 0.6 is 11.8 Å². The minimum atomic E-state index is -0.446. The summed E-state index contributed by atoms with van der Waals surface area (Å²) in [7, 11) is 0. The third-order valence-electron chi connectivity index (χ3n) is 2.31. The maximum atomic E-state index is 13.8. The number of nitrogens with one attached hydrogen (secondary N) is 1. The first kappa shape index (κ1) is 10.5. The summed E-state index contributed by atoms with van der Waals surface area (Å²) in [6, 6.07) is 3.30. The van der Waals surface area contributed by atoms with Gasteiger partial charge in [-0.3, -0.25) is 4.79 Å². The Morgan fingerprint density at radius 3 is 2.73 bits per heavy atom. The second-order valence-electron chi connectivity index (χ2n) is 4.14. The van der Waals surface area contributed by atoms with Crippen molar-refractivity contribution < 1.29 is 9.18 Å². The number of amides is 1. The Hall–Kier alpha value is -1.03. The molecule has 0 atom stereocenters. The van der Waals surface area contributed by atoms with Crippen molar-refractivity contribution in [2.45, 2.75) is 30.5 Å². The van der Waals surface area contributed by atoms with Crippen LogP contribution in [0.2, 0.25) is 0 Å². The standard InChI is InChI=1S/C11H12FNOS/c1-6-4-5-7-9(8(6)12)15-11(2,3)13-10(7)14/h4-5H,1-3H3,(H,13,14). The Morgan fingerprint density at radius 2 is 2.07 bits per heavy atom. The molecule has 1 aliphatic heterocycles. The molecule has 0 bridgehead atoms. The van der Waals surface area contributed by atoms with Crippen LogP contribution in [0, 0.1) is 12.7 Å². The predicted octanol–water partition coefficient (Wildman–Crippen LogP) is 2.71. The Kier molecular flexibility index (Phi) is 2.26. The van der Waals surface area contributed by atoms with Crippen LogP contribution in [-0.4, -0.2) is 10.8 Å². The molecule has 0 fully saturated rings. The van der Waals surface area contributed by atoms with Crippen molar-refractivity contribution in [2.75, 3.05) is 0 Å². The van der Waals surface area contributed by atoms with E-state index in [1.54, 1.807) is 19.1 Å². The smallest absolute Gasteiger partial charge is 0.253 e. The fourth-order valence-electron chi connectivity index (χ4n) is 1.55. The fraction of sp³-hybridized carbons (Fsp3) is 0.364. The number of thioether (sulfide) groups is 1. The first-order valence-electron chi connectivity index (χ1n) is 4.71. The molecule has 4 heteroatoms. The van der Waals surface area contributed by atoms with Gasteiger partial charge in [0.05, 0.1) is 15.3 Å². The van der Waals surface area contributed by atoms with E-state index in [4.69, 9.17) is 0 Å². The average Bonchev–Trinajstić information content (AvgIpc) is 2.10. The average molecular weight is 225 g/mol. The minimum absolute atomic E-state index is 0.201. The number of aryl methyl sites for hydroxylation is 1. The quantitative estimate of drug-likeness (QED) is 0.735. The lowest BCUT2D eigenvalue weighted by Crippen LogP contribution is -2.44. The van der Waals surface area contributed by atoms with Crippen molar-refractivity contribution in [1.29, 1.82) is 0 Å². The fourth-order valence-corrected chi connectivity index (χ4v) is 2.73. The molecule has 1 N–H and O–H groups in total. The van der Waals surface area contributed by atoms with Gasteiger partial charge in [-0.05, 0) is 32.4 Å². The van der Waals surface area contributed by atoms with E-state index in [-0.39, 0.29) is 11.7 Å². The molecule has 0 saturated carbocycles. The second-order valence-corrected chi connectivity index (χ2v) is 5.77. The zero-order valence-corrected chi connectivity index (χ0v) is 9.67. The van der Waals surface area contributed by atoms with Gasteiger partial charge in [-0.15, -0.1) is 0 Å². The predicted molar refractivity (Wildman–Crippen MR) is 58.5 cm³/mol. The summed E-state index contributed by atoms with van der Waals surface area (Å²) < 4.78 is 13.8. The highest BCUT2D eigenvalue weighted by molar-refractivity contribution is 8.00. The molecule has 1 aliphatic rings. The molecule has 0 spiro atoms. The van der Waals surface area contributed by atoms with Gasteiger partial charge in [0.2, 0.25) is 0 Å². The number of halogens is 1. The molecular formula is C11H12FNOS. The highest BCUT2D eigenvalue weighted by Crippen LogP contribution is 2.39. The van der Waals surface area contributed by atoms with Crippen molar-refractivity contribution in [3.8, 4) is 0 Å². The second kappa shape index (κ2) is 3.23. The van der Waals surface area contributed by atoms with Crippen molar-refractivity contribution >= 4 is 17.7 Å². The van der Waals surface area contributed by atoms with E-state index in [1.165, 1.54) is 11.8 Å². The molecule has 0 unspecified atom stereocenters. The molecule has 0 aliphatic carbocycles. The van der Waals surface area contributed by atoms with E-state index in [1.807, 2.05) is 13.8 Å². The van der Waals surface area contributed by atoms with E-state index in [0.717, 1.165) is 0 Å². The van der Waals surface area contributed by atoms with Crippen molar-refractivity contribution in [2.24, 2.45) is 0 Å². The van der Waals surface area contributed by atoms with Crippen LogP contribution in [0.4, 0.5) is 4.39 Å². The lowest BCUT2D eigenvalue weighted by atomic mass is 10.1. The summed E-state index contributed by atoms with van der Waals surface area (Å²) in [5.74, 6) is -0.479. The topological polar surface area (TPSA) is 29.1 Å². The van der Waals surface area contributed by atoms with Gasteiger partial charge in [-0.2, -0.15) is 0 Å². The van der Waals surface area contributed by atoms with E-state index >= 15 is 0 Å². The molecule has 1 aromatic rings. The van der Waals surface area contributed by atoms with E-state index in [2.05, 4.69) is 5.32 Å². The van der Waals surface area contributed by atoms with Crippen LogP contribution in [0.3, 0.4) is 0 Å². The molecule has 1 heterocycles. The molecule has 0 radical (unpaired) electrons. The molecule has 1 aromatic carbocycles. The number of fused-ring (bicyclic) bond motifs is 1. The maximum absolute atomic E-state index is 13.8. The lowest BCUT2D eigenvalue weighted by Gasteiger charge is -2.31. The first-order chi connectivity index (χ1) is 6.91. The number of hydrogen-bond donors (Lipinski definition) is 1. The van der Waals surface area contributed by atoms with Crippen LogP contribution in [0.15, 0.2) is 17.0 Å². The molecule has 1 amide bonds. The lowest BCUT2D eigenvalue weighted by molar-refractivity contribution is 0.0928. The Balaban J connectivity index is 2.61. The van der Waals surface area contributed by atoms with Crippen LogP contribution in [0.1, 0.15) is 29.8 Å². The molecule has 2 rings (SSSR count). The minimum Gasteiger partial charge on any atom is -0.338 e. The largest absolute Gasteiger partial charge is 0.338 e. The highest BCUT2D eigenvalue weighted by Gasteiger charge is 2.32. The highest BCUT2D eigenvalue weighted by atomic mass is 32.2. The first-order valence-corrected chi connectivity index (χ1v) is 5.53. The zero-order chi connectivity index (χ0) is 11.2. The number of carbonyl (C=O) groups excluding carboxylic acids is 1. The third kappa shape index (κ3) is 1.74. The Bertz CT molecular complexity index is 442. The maximum Gasteiger partial charge on any atom is 0.253 e. The molecule has 15 heavy (non-hydrogen) atoms. The van der Waals surface area contributed by atoms with Gasteiger partial charge in [0.25, 0.3) is 5.91 Å². The summed E-state index contributed by atoms with van der Waals surface area (Å²) >= 11 is 1.35. The van der Waals surface area contributed by atoms with Crippen molar-refractivity contribution in [3.63, 3.8) is 0 Å². The molecular weight excluding hydrogens is 213 g/mol. The number of rotatable bonds is 0. The van der Waals surface area contributed by atoms with Gasteiger partial charge in [0, 0.05) is 0 Å². The monoisotopic (exact) mass is 225 g/mol. The van der Waals surface area contributed by atoms with E-state index in [9.17, 15) is 9.18 Å². The molecule has 0 saturated heterocycles. The van der Waals surface area contributed by atoms with Gasteiger partial charge in [0.15, 0.2) is 0 Å². The summed E-state index contributed by atoms with van der Waals surface area (Å²) in [6.07, 6.45) is 0. The van der Waals surface area contributed by atoms with Crippen LogP contribution < -0.4 is 5.32 Å². The number of hydrogen-bond acceptors (Lipinski definition) is 2. The molecule has 0 aromatic heterocycles. The van der Waals surface area contributed by atoms with Gasteiger partial charge >= 0.3 is 0 Å². The Labute approximate surface area is 92.3 Å².